The second-order valence-corrected chi connectivity index (χ2v) is 6.61. The van der Waals surface area contributed by atoms with E-state index in [0.29, 0.717) is 17.4 Å². The molecule has 2 N–H and O–H groups in total. The zero-order chi connectivity index (χ0) is 13.6. The van der Waals surface area contributed by atoms with Crippen LogP contribution in [0.5, 0.6) is 0 Å². The molecule has 0 aliphatic heterocycles. The molecule has 0 aromatic rings. The standard InChI is InChI=1S/C16H33NO/c1-5-7-10-18-15-11-14(16(3,4)6-2)9-8-13(15)12-17/h13-15H,5-12,17H2,1-4H3. The van der Waals surface area contributed by atoms with Gasteiger partial charge in [-0.25, -0.2) is 0 Å². The number of nitrogens with two attached hydrogens (primary N) is 1. The molecule has 1 fully saturated rings. The van der Waals surface area contributed by atoms with Gasteiger partial charge in [-0.3, -0.25) is 0 Å². The van der Waals surface area contributed by atoms with Crippen molar-refractivity contribution in [2.45, 2.75) is 72.3 Å². The summed E-state index contributed by atoms with van der Waals surface area (Å²) >= 11 is 0. The molecule has 1 aliphatic carbocycles. The maximum absolute atomic E-state index is 6.12. The Labute approximate surface area is 114 Å². The fourth-order valence-electron chi connectivity index (χ4n) is 3.04. The van der Waals surface area contributed by atoms with Crippen molar-refractivity contribution in [2.75, 3.05) is 13.2 Å². The summed E-state index contributed by atoms with van der Waals surface area (Å²) in [4.78, 5) is 0. The van der Waals surface area contributed by atoms with Gasteiger partial charge >= 0.3 is 0 Å². The van der Waals surface area contributed by atoms with Crippen molar-refractivity contribution < 1.29 is 4.74 Å². The normalized spacial score (nSPS) is 29.5. The Bertz CT molecular complexity index is 227. The molecule has 18 heavy (non-hydrogen) atoms. The first-order valence-corrected chi connectivity index (χ1v) is 7.86. The van der Waals surface area contributed by atoms with Crippen molar-refractivity contribution >= 4 is 0 Å². The van der Waals surface area contributed by atoms with Crippen LogP contribution in [0, 0.1) is 17.3 Å². The van der Waals surface area contributed by atoms with Crippen LogP contribution in [0.2, 0.25) is 0 Å². The predicted molar refractivity (Wildman–Crippen MR) is 78.6 cm³/mol. The monoisotopic (exact) mass is 255 g/mol. The van der Waals surface area contributed by atoms with E-state index in [-0.39, 0.29) is 0 Å². The van der Waals surface area contributed by atoms with Gasteiger partial charge in [0.15, 0.2) is 0 Å². The molecule has 3 atom stereocenters. The lowest BCUT2D eigenvalue weighted by molar-refractivity contribution is -0.0443. The SMILES string of the molecule is CCCCOC1CC(C(C)(C)CC)CCC1CN. The van der Waals surface area contributed by atoms with Gasteiger partial charge in [-0.15, -0.1) is 0 Å². The Hall–Kier alpha value is -0.0800. The van der Waals surface area contributed by atoms with Crippen LogP contribution in [0.15, 0.2) is 0 Å². The molecule has 0 spiro atoms. The van der Waals surface area contributed by atoms with Crippen LogP contribution in [-0.4, -0.2) is 19.3 Å². The summed E-state index contributed by atoms with van der Waals surface area (Å²) in [6, 6.07) is 0. The molecule has 2 nitrogen and oxygen atoms in total. The van der Waals surface area contributed by atoms with Gasteiger partial charge in [0, 0.05) is 6.61 Å². The van der Waals surface area contributed by atoms with E-state index in [0.717, 1.165) is 19.1 Å². The van der Waals surface area contributed by atoms with E-state index in [2.05, 4.69) is 27.7 Å². The molecule has 2 heteroatoms. The molecule has 0 amide bonds. The minimum absolute atomic E-state index is 0.408. The lowest BCUT2D eigenvalue weighted by atomic mass is 9.66. The summed E-state index contributed by atoms with van der Waals surface area (Å²) in [6.45, 7) is 11.0. The molecule has 0 aromatic heterocycles. The molecule has 0 saturated heterocycles. The molecule has 3 unspecified atom stereocenters. The van der Waals surface area contributed by atoms with Crippen LogP contribution < -0.4 is 5.73 Å². The second kappa shape index (κ2) is 7.49. The summed E-state index contributed by atoms with van der Waals surface area (Å²) in [5.74, 6) is 1.39. The Morgan fingerprint density at radius 3 is 2.50 bits per heavy atom. The number of ether oxygens (including phenoxy) is 1. The smallest absolute Gasteiger partial charge is 0.0618 e. The first kappa shape index (κ1) is 16.0. The van der Waals surface area contributed by atoms with Crippen molar-refractivity contribution in [3.8, 4) is 0 Å². The predicted octanol–water partition coefficient (Wildman–Crippen LogP) is 3.98. The quantitative estimate of drug-likeness (QED) is 0.698. The molecule has 0 bridgehead atoms. The summed E-state index contributed by atoms with van der Waals surface area (Å²) in [5.41, 5.74) is 6.36. The highest BCUT2D eigenvalue weighted by molar-refractivity contribution is 4.88. The molecule has 1 rings (SSSR count). The maximum atomic E-state index is 6.12. The molecular weight excluding hydrogens is 222 g/mol. The minimum atomic E-state index is 0.408. The highest BCUT2D eigenvalue weighted by atomic mass is 16.5. The van der Waals surface area contributed by atoms with Crippen molar-refractivity contribution in [2.24, 2.45) is 23.0 Å². The van der Waals surface area contributed by atoms with E-state index in [9.17, 15) is 0 Å². The zero-order valence-electron chi connectivity index (χ0n) is 12.9. The Morgan fingerprint density at radius 1 is 1.22 bits per heavy atom. The molecule has 0 heterocycles. The highest BCUT2D eigenvalue weighted by Gasteiger charge is 2.37. The molecular formula is C16H33NO. The minimum Gasteiger partial charge on any atom is -0.378 e. The van der Waals surface area contributed by atoms with E-state index >= 15 is 0 Å². The molecule has 1 aliphatic rings. The van der Waals surface area contributed by atoms with Gasteiger partial charge in [0.25, 0.3) is 0 Å². The maximum Gasteiger partial charge on any atom is 0.0618 e. The number of hydrogen-bond donors (Lipinski definition) is 1. The van der Waals surface area contributed by atoms with Gasteiger partial charge in [-0.1, -0.05) is 40.5 Å². The van der Waals surface area contributed by atoms with Crippen LogP contribution >= 0.6 is 0 Å². The van der Waals surface area contributed by atoms with E-state index < -0.39 is 0 Å². The number of rotatable bonds is 7. The van der Waals surface area contributed by atoms with Gasteiger partial charge in [-0.05, 0) is 49.5 Å². The van der Waals surface area contributed by atoms with E-state index in [1.807, 2.05) is 0 Å². The van der Waals surface area contributed by atoms with Crippen molar-refractivity contribution in [1.29, 1.82) is 0 Å². The third kappa shape index (κ3) is 4.24. The molecule has 108 valence electrons. The fraction of sp³-hybridized carbons (Fsp3) is 1.00. The zero-order valence-corrected chi connectivity index (χ0v) is 12.9. The average Bonchev–Trinajstić information content (AvgIpc) is 2.39. The van der Waals surface area contributed by atoms with Crippen molar-refractivity contribution in [1.82, 2.24) is 0 Å². The lowest BCUT2D eigenvalue weighted by Crippen LogP contribution is -2.40. The topological polar surface area (TPSA) is 35.2 Å². The second-order valence-electron chi connectivity index (χ2n) is 6.61. The van der Waals surface area contributed by atoms with Gasteiger partial charge in [0.1, 0.15) is 0 Å². The van der Waals surface area contributed by atoms with E-state index in [1.54, 1.807) is 0 Å². The third-order valence-corrected chi connectivity index (χ3v) is 5.08. The first-order valence-electron chi connectivity index (χ1n) is 7.86. The summed E-state index contributed by atoms with van der Waals surface area (Å²) in [6.07, 6.45) is 7.85. The van der Waals surface area contributed by atoms with E-state index in [1.165, 1.54) is 38.5 Å². The van der Waals surface area contributed by atoms with Crippen LogP contribution in [0.1, 0.15) is 66.2 Å². The number of unbranched alkanes of at least 4 members (excludes halogenated alkanes) is 1. The van der Waals surface area contributed by atoms with Crippen LogP contribution in [0.3, 0.4) is 0 Å². The summed E-state index contributed by atoms with van der Waals surface area (Å²) in [7, 11) is 0. The fourth-order valence-corrected chi connectivity index (χ4v) is 3.04. The Morgan fingerprint density at radius 2 is 1.94 bits per heavy atom. The van der Waals surface area contributed by atoms with Crippen molar-refractivity contribution in [3.63, 3.8) is 0 Å². The molecule has 1 saturated carbocycles. The summed E-state index contributed by atoms with van der Waals surface area (Å²) < 4.78 is 6.12. The largest absolute Gasteiger partial charge is 0.378 e. The Kier molecular flexibility index (Phi) is 6.65. The number of hydrogen-bond acceptors (Lipinski definition) is 2. The molecule has 0 radical (unpaired) electrons. The van der Waals surface area contributed by atoms with Gasteiger partial charge < -0.3 is 10.5 Å². The van der Waals surface area contributed by atoms with Crippen LogP contribution in [0.4, 0.5) is 0 Å². The first-order chi connectivity index (χ1) is 8.55. The van der Waals surface area contributed by atoms with Gasteiger partial charge in [0.05, 0.1) is 6.10 Å². The molecule has 0 aromatic carbocycles. The Balaban J connectivity index is 2.54. The van der Waals surface area contributed by atoms with Crippen LogP contribution in [0.25, 0.3) is 0 Å². The highest BCUT2D eigenvalue weighted by Crippen LogP contribution is 2.42. The lowest BCUT2D eigenvalue weighted by Gasteiger charge is -2.42. The van der Waals surface area contributed by atoms with E-state index in [4.69, 9.17) is 10.5 Å². The van der Waals surface area contributed by atoms with Gasteiger partial charge in [0.2, 0.25) is 0 Å². The average molecular weight is 255 g/mol. The van der Waals surface area contributed by atoms with Gasteiger partial charge in [-0.2, -0.15) is 0 Å². The van der Waals surface area contributed by atoms with Crippen molar-refractivity contribution in [3.05, 3.63) is 0 Å². The van der Waals surface area contributed by atoms with Crippen LogP contribution in [-0.2, 0) is 4.74 Å². The third-order valence-electron chi connectivity index (χ3n) is 5.08. The summed E-state index contributed by atoms with van der Waals surface area (Å²) in [5, 5.41) is 0.